The van der Waals surface area contributed by atoms with Gasteiger partial charge in [0.15, 0.2) is 0 Å². The van der Waals surface area contributed by atoms with E-state index in [1.165, 1.54) is 24.1 Å². The highest BCUT2D eigenvalue weighted by Crippen LogP contribution is 2.26. The molecule has 1 aromatic carbocycles. The molecule has 1 saturated heterocycles. The number of para-hydroxylation sites is 1. The molecule has 0 saturated carbocycles. The maximum absolute atomic E-state index is 12.6. The van der Waals surface area contributed by atoms with Gasteiger partial charge in [0.1, 0.15) is 0 Å². The van der Waals surface area contributed by atoms with E-state index in [-0.39, 0.29) is 6.03 Å². The lowest BCUT2D eigenvalue weighted by atomic mass is 9.98. The summed E-state index contributed by atoms with van der Waals surface area (Å²) in [6, 6.07) is 8.70. The number of carbonyl (C=O) groups excluding carboxylic acids is 1. The first-order valence-electron chi connectivity index (χ1n) is 10.1. The van der Waals surface area contributed by atoms with E-state index in [1.54, 1.807) is 0 Å². The number of piperidine rings is 1. The highest BCUT2D eigenvalue weighted by molar-refractivity contribution is 5.74. The van der Waals surface area contributed by atoms with Gasteiger partial charge >= 0.3 is 6.03 Å². The lowest BCUT2D eigenvalue weighted by molar-refractivity contribution is 0.159. The molecule has 0 unspecified atom stereocenters. The Bertz CT molecular complexity index is 745. The summed E-state index contributed by atoms with van der Waals surface area (Å²) in [6.07, 6.45) is 10.3. The first kappa shape index (κ1) is 17.9. The van der Waals surface area contributed by atoms with Crippen LogP contribution in [0, 0.1) is 5.92 Å². The largest absolute Gasteiger partial charge is 0.370 e. The number of aromatic nitrogens is 2. The molecular weight excluding hydrogens is 338 g/mol. The molecule has 6 heteroatoms. The molecule has 4 rings (SSSR count). The molecule has 0 spiro atoms. The van der Waals surface area contributed by atoms with Crippen molar-refractivity contribution in [1.82, 2.24) is 19.8 Å². The van der Waals surface area contributed by atoms with Crippen LogP contribution in [0.1, 0.15) is 24.8 Å². The van der Waals surface area contributed by atoms with Crippen LogP contribution < -0.4 is 10.2 Å². The summed E-state index contributed by atoms with van der Waals surface area (Å²) >= 11 is 0. The summed E-state index contributed by atoms with van der Waals surface area (Å²) in [5, 5.41) is 3.14. The van der Waals surface area contributed by atoms with Crippen LogP contribution in [0.4, 0.5) is 10.5 Å². The monoisotopic (exact) mass is 367 g/mol. The number of likely N-dealkylation sites (tertiary alicyclic amines) is 1. The molecule has 2 aliphatic heterocycles. The van der Waals surface area contributed by atoms with Crippen molar-refractivity contribution < 1.29 is 4.79 Å². The van der Waals surface area contributed by atoms with Gasteiger partial charge in [0.25, 0.3) is 0 Å². The topological polar surface area (TPSA) is 53.4 Å². The van der Waals surface area contributed by atoms with Crippen LogP contribution >= 0.6 is 0 Å². The van der Waals surface area contributed by atoms with Crippen LogP contribution in [0.3, 0.4) is 0 Å². The second-order valence-corrected chi connectivity index (χ2v) is 7.66. The van der Waals surface area contributed by atoms with Crippen molar-refractivity contribution in [3.63, 3.8) is 0 Å². The van der Waals surface area contributed by atoms with E-state index in [1.807, 2.05) is 23.6 Å². The molecule has 2 amide bonds. The molecule has 1 fully saturated rings. The second kappa shape index (κ2) is 8.46. The number of anilines is 1. The van der Waals surface area contributed by atoms with Crippen molar-refractivity contribution >= 4 is 11.7 Å². The Kier molecular flexibility index (Phi) is 5.61. The van der Waals surface area contributed by atoms with Gasteiger partial charge in [0.05, 0.1) is 6.33 Å². The van der Waals surface area contributed by atoms with Gasteiger partial charge < -0.3 is 19.7 Å². The molecule has 1 aromatic heterocycles. The quantitative estimate of drug-likeness (QED) is 0.884. The molecule has 1 atom stereocenters. The van der Waals surface area contributed by atoms with Crippen LogP contribution in [0.15, 0.2) is 43.0 Å². The predicted octanol–water partition coefficient (Wildman–Crippen LogP) is 2.76. The molecule has 1 N–H and O–H groups in total. The third-order valence-electron chi connectivity index (χ3n) is 5.70. The number of carbonyl (C=O) groups is 1. The maximum Gasteiger partial charge on any atom is 0.317 e. The summed E-state index contributed by atoms with van der Waals surface area (Å²) in [7, 11) is 0. The fourth-order valence-electron chi connectivity index (χ4n) is 4.34. The number of urea groups is 1. The summed E-state index contributed by atoms with van der Waals surface area (Å²) in [6.45, 7) is 5.26. The summed E-state index contributed by atoms with van der Waals surface area (Å²) in [5.74, 6) is 0.507. The molecule has 0 radical (unpaired) electrons. The van der Waals surface area contributed by atoms with E-state index in [2.05, 4.69) is 44.0 Å². The van der Waals surface area contributed by atoms with Gasteiger partial charge in [0.2, 0.25) is 0 Å². The van der Waals surface area contributed by atoms with Crippen LogP contribution in [0.5, 0.6) is 0 Å². The Morgan fingerprint density at radius 1 is 1.22 bits per heavy atom. The zero-order chi connectivity index (χ0) is 18.5. The Hall–Kier alpha value is -2.50. The number of nitrogens with zero attached hydrogens (tertiary/aromatic N) is 4. The minimum Gasteiger partial charge on any atom is -0.370 e. The van der Waals surface area contributed by atoms with E-state index < -0.39 is 0 Å². The van der Waals surface area contributed by atoms with Crippen molar-refractivity contribution in [3.8, 4) is 0 Å². The number of imidazole rings is 1. The molecule has 0 aliphatic carbocycles. The lowest BCUT2D eigenvalue weighted by Crippen LogP contribution is -2.48. The molecule has 6 nitrogen and oxygen atoms in total. The Morgan fingerprint density at radius 2 is 2.15 bits per heavy atom. The average Bonchev–Trinajstić information content (AvgIpc) is 3.21. The van der Waals surface area contributed by atoms with Gasteiger partial charge in [-0.15, -0.1) is 0 Å². The van der Waals surface area contributed by atoms with Crippen LogP contribution in [-0.4, -0.2) is 53.2 Å². The third kappa shape index (κ3) is 4.43. The predicted molar refractivity (Wildman–Crippen MR) is 107 cm³/mol. The maximum atomic E-state index is 12.6. The van der Waals surface area contributed by atoms with Crippen LogP contribution in [0.2, 0.25) is 0 Å². The number of aryl methyl sites for hydroxylation is 1. The number of hydrogen-bond acceptors (Lipinski definition) is 3. The van der Waals surface area contributed by atoms with Gasteiger partial charge in [-0.3, -0.25) is 0 Å². The van der Waals surface area contributed by atoms with E-state index in [0.29, 0.717) is 12.5 Å². The third-order valence-corrected chi connectivity index (χ3v) is 5.70. The molecule has 0 bridgehead atoms. The van der Waals surface area contributed by atoms with Gasteiger partial charge in [0, 0.05) is 57.3 Å². The number of benzene rings is 1. The molecule has 2 aromatic rings. The van der Waals surface area contributed by atoms with E-state index >= 15 is 0 Å². The van der Waals surface area contributed by atoms with Gasteiger partial charge in [-0.05, 0) is 43.2 Å². The van der Waals surface area contributed by atoms with Crippen molar-refractivity contribution in [2.45, 2.75) is 32.2 Å². The van der Waals surface area contributed by atoms with Crippen molar-refractivity contribution in [1.29, 1.82) is 0 Å². The van der Waals surface area contributed by atoms with E-state index in [9.17, 15) is 4.79 Å². The number of fused-ring (bicyclic) bond motifs is 1. The normalized spacial score (nSPS) is 19.6. The summed E-state index contributed by atoms with van der Waals surface area (Å²) in [5.41, 5.74) is 2.75. The highest BCUT2D eigenvalue weighted by atomic mass is 16.2. The standard InChI is InChI=1S/C21H29N5O/c27-21(26-12-3-5-18(16-26)15-24-13-9-22-17-24)23-10-14-25-11-4-7-19-6-1-2-8-20(19)25/h1-2,6,8-9,13,17-18H,3-5,7,10-12,14-16H2,(H,23,27)/t18-/m1/s1. The fraction of sp³-hybridized carbons (Fsp3) is 0.524. The van der Waals surface area contributed by atoms with E-state index in [4.69, 9.17) is 0 Å². The number of nitrogens with one attached hydrogen (secondary N) is 1. The SMILES string of the molecule is O=C(NCCN1CCCc2ccccc21)N1CCC[C@H](Cn2ccnc2)C1. The van der Waals surface area contributed by atoms with Crippen molar-refractivity contribution in [3.05, 3.63) is 48.5 Å². The van der Waals surface area contributed by atoms with E-state index in [0.717, 1.165) is 45.6 Å². The Labute approximate surface area is 161 Å². The Balaban J connectivity index is 1.25. The number of hydrogen-bond donors (Lipinski definition) is 1. The van der Waals surface area contributed by atoms with Crippen LogP contribution in [0.25, 0.3) is 0 Å². The van der Waals surface area contributed by atoms with Crippen molar-refractivity contribution in [2.24, 2.45) is 5.92 Å². The minimum absolute atomic E-state index is 0.0793. The highest BCUT2D eigenvalue weighted by Gasteiger charge is 2.24. The molecule has 27 heavy (non-hydrogen) atoms. The van der Waals surface area contributed by atoms with Gasteiger partial charge in [-0.1, -0.05) is 18.2 Å². The number of amides is 2. The molecule has 3 heterocycles. The van der Waals surface area contributed by atoms with Gasteiger partial charge in [-0.25, -0.2) is 9.78 Å². The summed E-state index contributed by atoms with van der Waals surface area (Å²) < 4.78 is 2.11. The minimum atomic E-state index is 0.0793. The Morgan fingerprint density at radius 3 is 3.04 bits per heavy atom. The fourth-order valence-corrected chi connectivity index (χ4v) is 4.34. The van der Waals surface area contributed by atoms with Gasteiger partial charge in [-0.2, -0.15) is 0 Å². The second-order valence-electron chi connectivity index (χ2n) is 7.66. The molecule has 2 aliphatic rings. The zero-order valence-electron chi connectivity index (χ0n) is 15.9. The smallest absolute Gasteiger partial charge is 0.317 e. The first-order valence-corrected chi connectivity index (χ1v) is 10.1. The van der Waals surface area contributed by atoms with Crippen LogP contribution in [-0.2, 0) is 13.0 Å². The average molecular weight is 367 g/mol. The molecule has 144 valence electrons. The summed E-state index contributed by atoms with van der Waals surface area (Å²) in [4.78, 5) is 21.1. The number of rotatable bonds is 5. The zero-order valence-corrected chi connectivity index (χ0v) is 15.9. The lowest BCUT2D eigenvalue weighted by Gasteiger charge is -2.34. The molecular formula is C21H29N5O. The van der Waals surface area contributed by atoms with Crippen molar-refractivity contribution in [2.75, 3.05) is 37.6 Å². The first-order chi connectivity index (χ1) is 13.3.